The molecule has 2 heterocycles. The molecule has 2 atom stereocenters. The van der Waals surface area contributed by atoms with Crippen LogP contribution in [0.2, 0.25) is 0 Å². The Hall–Kier alpha value is -1.61. The Balaban J connectivity index is 1.88. The van der Waals surface area contributed by atoms with Gasteiger partial charge in [0.05, 0.1) is 6.26 Å². The van der Waals surface area contributed by atoms with Crippen LogP contribution >= 0.6 is 0 Å². The monoisotopic (exact) mass is 230 g/mol. The van der Waals surface area contributed by atoms with Crippen LogP contribution in [0.4, 0.5) is 0 Å². The highest BCUT2D eigenvalue weighted by Gasteiger charge is 2.10. The predicted octanol–water partition coefficient (Wildman–Crippen LogP) is 2.96. The molecule has 0 aromatic carbocycles. The van der Waals surface area contributed by atoms with Crippen molar-refractivity contribution in [1.82, 2.24) is 10.3 Å². The lowest BCUT2D eigenvalue weighted by Gasteiger charge is -2.19. The maximum Gasteiger partial charge on any atom is 0.105 e. The van der Waals surface area contributed by atoms with Crippen molar-refractivity contribution in [2.45, 2.75) is 32.4 Å². The Morgan fingerprint density at radius 1 is 1.24 bits per heavy atom. The van der Waals surface area contributed by atoms with Gasteiger partial charge in [0, 0.05) is 30.9 Å². The molecule has 90 valence electrons. The van der Waals surface area contributed by atoms with E-state index in [1.165, 1.54) is 5.56 Å². The number of furan rings is 1. The minimum absolute atomic E-state index is 0.322. The summed E-state index contributed by atoms with van der Waals surface area (Å²) in [6, 6.07) is 8.71. The first kappa shape index (κ1) is 11.9. The topological polar surface area (TPSA) is 38.1 Å². The van der Waals surface area contributed by atoms with Gasteiger partial charge in [0.2, 0.25) is 0 Å². The van der Waals surface area contributed by atoms with Crippen molar-refractivity contribution in [3.8, 4) is 0 Å². The van der Waals surface area contributed by atoms with Crippen molar-refractivity contribution in [2.24, 2.45) is 0 Å². The number of nitrogens with one attached hydrogen (secondary N) is 1. The maximum atomic E-state index is 5.34. The number of hydrogen-bond donors (Lipinski definition) is 1. The maximum absolute atomic E-state index is 5.34. The highest BCUT2D eigenvalue weighted by molar-refractivity contribution is 5.14. The fourth-order valence-electron chi connectivity index (χ4n) is 1.96. The standard InChI is InChI=1S/C14H18N2O/c1-11(10-14-4-3-9-17-14)16-12(2)13-5-7-15-8-6-13/h3-9,11-12,16H,10H2,1-2H3/t11?,12-/m0/s1. The van der Waals surface area contributed by atoms with Crippen LogP contribution in [0.1, 0.15) is 31.2 Å². The Bertz CT molecular complexity index is 425. The van der Waals surface area contributed by atoms with E-state index in [4.69, 9.17) is 4.42 Å². The normalized spacial score (nSPS) is 14.5. The van der Waals surface area contributed by atoms with Crippen molar-refractivity contribution >= 4 is 0 Å². The molecular formula is C14H18N2O. The van der Waals surface area contributed by atoms with E-state index in [1.54, 1.807) is 6.26 Å². The second-order valence-corrected chi connectivity index (χ2v) is 4.35. The van der Waals surface area contributed by atoms with Crippen molar-refractivity contribution in [3.05, 3.63) is 54.2 Å². The van der Waals surface area contributed by atoms with Gasteiger partial charge in [-0.2, -0.15) is 0 Å². The molecule has 0 saturated carbocycles. The summed E-state index contributed by atoms with van der Waals surface area (Å²) in [6.07, 6.45) is 6.27. The van der Waals surface area contributed by atoms with Crippen LogP contribution in [0, 0.1) is 0 Å². The molecule has 0 bridgehead atoms. The Morgan fingerprint density at radius 3 is 2.65 bits per heavy atom. The summed E-state index contributed by atoms with van der Waals surface area (Å²) in [6.45, 7) is 4.33. The highest BCUT2D eigenvalue weighted by Crippen LogP contribution is 2.12. The van der Waals surface area contributed by atoms with Gasteiger partial charge in [-0.25, -0.2) is 0 Å². The van der Waals surface area contributed by atoms with E-state index in [9.17, 15) is 0 Å². The SMILES string of the molecule is CC(Cc1ccco1)N[C@@H](C)c1ccncc1. The summed E-state index contributed by atoms with van der Waals surface area (Å²) in [5.41, 5.74) is 1.26. The Kier molecular flexibility index (Phi) is 3.94. The van der Waals surface area contributed by atoms with E-state index in [2.05, 4.69) is 24.1 Å². The van der Waals surface area contributed by atoms with Crippen LogP contribution in [0.3, 0.4) is 0 Å². The number of aromatic nitrogens is 1. The van der Waals surface area contributed by atoms with Crippen LogP contribution in [-0.2, 0) is 6.42 Å². The average Bonchev–Trinajstić information content (AvgIpc) is 2.82. The first-order chi connectivity index (χ1) is 8.25. The zero-order chi connectivity index (χ0) is 12.1. The van der Waals surface area contributed by atoms with Crippen LogP contribution in [0.25, 0.3) is 0 Å². The number of pyridine rings is 1. The van der Waals surface area contributed by atoms with Gasteiger partial charge in [0.25, 0.3) is 0 Å². The lowest BCUT2D eigenvalue weighted by molar-refractivity contribution is 0.429. The summed E-state index contributed by atoms with van der Waals surface area (Å²) >= 11 is 0. The first-order valence-electron chi connectivity index (χ1n) is 5.94. The van der Waals surface area contributed by atoms with Crippen molar-refractivity contribution < 1.29 is 4.42 Å². The molecule has 0 aliphatic carbocycles. The second kappa shape index (κ2) is 5.64. The molecule has 17 heavy (non-hydrogen) atoms. The van der Waals surface area contributed by atoms with Gasteiger partial charge in [-0.05, 0) is 43.7 Å². The van der Waals surface area contributed by atoms with Gasteiger partial charge in [0.1, 0.15) is 5.76 Å². The van der Waals surface area contributed by atoms with Crippen molar-refractivity contribution in [2.75, 3.05) is 0 Å². The highest BCUT2D eigenvalue weighted by atomic mass is 16.3. The van der Waals surface area contributed by atoms with E-state index >= 15 is 0 Å². The quantitative estimate of drug-likeness (QED) is 0.858. The lowest BCUT2D eigenvalue weighted by atomic mass is 10.1. The van der Waals surface area contributed by atoms with Gasteiger partial charge in [-0.1, -0.05) is 0 Å². The predicted molar refractivity (Wildman–Crippen MR) is 67.7 cm³/mol. The molecule has 0 spiro atoms. The molecule has 2 aromatic rings. The molecule has 0 fully saturated rings. The summed E-state index contributed by atoms with van der Waals surface area (Å²) in [7, 11) is 0. The summed E-state index contributed by atoms with van der Waals surface area (Å²) in [5.74, 6) is 1.02. The van der Waals surface area contributed by atoms with Crippen LogP contribution in [0.5, 0.6) is 0 Å². The van der Waals surface area contributed by atoms with E-state index in [-0.39, 0.29) is 0 Å². The third-order valence-electron chi connectivity index (χ3n) is 2.83. The van der Waals surface area contributed by atoms with E-state index in [1.807, 2.05) is 36.7 Å². The third kappa shape index (κ3) is 3.43. The van der Waals surface area contributed by atoms with Crippen LogP contribution in [-0.4, -0.2) is 11.0 Å². The number of hydrogen-bond acceptors (Lipinski definition) is 3. The molecular weight excluding hydrogens is 212 g/mol. The Morgan fingerprint density at radius 2 is 2.00 bits per heavy atom. The number of nitrogens with zero attached hydrogens (tertiary/aromatic N) is 1. The second-order valence-electron chi connectivity index (χ2n) is 4.35. The van der Waals surface area contributed by atoms with E-state index in [0.717, 1.165) is 12.2 Å². The number of rotatable bonds is 5. The molecule has 3 nitrogen and oxygen atoms in total. The van der Waals surface area contributed by atoms with Gasteiger partial charge in [0.15, 0.2) is 0 Å². The van der Waals surface area contributed by atoms with Crippen molar-refractivity contribution in [1.29, 1.82) is 0 Å². The van der Waals surface area contributed by atoms with Crippen LogP contribution in [0.15, 0.2) is 47.3 Å². The zero-order valence-electron chi connectivity index (χ0n) is 10.3. The smallest absolute Gasteiger partial charge is 0.105 e. The zero-order valence-corrected chi connectivity index (χ0v) is 10.3. The van der Waals surface area contributed by atoms with E-state index < -0.39 is 0 Å². The first-order valence-corrected chi connectivity index (χ1v) is 5.94. The molecule has 1 unspecified atom stereocenters. The molecule has 2 aromatic heterocycles. The fourth-order valence-corrected chi connectivity index (χ4v) is 1.96. The molecule has 0 aliphatic rings. The largest absolute Gasteiger partial charge is 0.469 e. The lowest BCUT2D eigenvalue weighted by Crippen LogP contribution is -2.30. The summed E-state index contributed by atoms with van der Waals surface area (Å²) < 4.78 is 5.34. The Labute approximate surface area is 102 Å². The minimum atomic E-state index is 0.322. The average molecular weight is 230 g/mol. The van der Waals surface area contributed by atoms with E-state index in [0.29, 0.717) is 12.1 Å². The van der Waals surface area contributed by atoms with Gasteiger partial charge < -0.3 is 9.73 Å². The molecule has 0 amide bonds. The molecule has 2 rings (SSSR count). The summed E-state index contributed by atoms with van der Waals surface area (Å²) in [4.78, 5) is 4.02. The van der Waals surface area contributed by atoms with Crippen LogP contribution < -0.4 is 5.32 Å². The minimum Gasteiger partial charge on any atom is -0.469 e. The molecule has 0 aliphatic heterocycles. The summed E-state index contributed by atoms with van der Waals surface area (Å²) in [5, 5.41) is 3.55. The molecule has 3 heteroatoms. The third-order valence-corrected chi connectivity index (χ3v) is 2.83. The van der Waals surface area contributed by atoms with Gasteiger partial charge in [-0.3, -0.25) is 4.98 Å². The van der Waals surface area contributed by atoms with Crippen molar-refractivity contribution in [3.63, 3.8) is 0 Å². The van der Waals surface area contributed by atoms with Gasteiger partial charge in [-0.15, -0.1) is 0 Å². The molecule has 1 N–H and O–H groups in total. The van der Waals surface area contributed by atoms with Gasteiger partial charge >= 0.3 is 0 Å². The fraction of sp³-hybridized carbons (Fsp3) is 0.357. The molecule has 0 saturated heterocycles. The molecule has 0 radical (unpaired) electrons.